The molecular weight excluding hydrogens is 490 g/mol. The lowest BCUT2D eigenvalue weighted by Crippen LogP contribution is -2.54. The van der Waals surface area contributed by atoms with Gasteiger partial charge in [0.2, 0.25) is 4.99 Å². The van der Waals surface area contributed by atoms with Crippen molar-refractivity contribution < 1.29 is 4.79 Å². The van der Waals surface area contributed by atoms with Crippen LogP contribution < -0.4 is 15.3 Å². The number of thioether (sulfide) groups is 1. The number of hydrogen-bond acceptors (Lipinski definition) is 6. The molecule has 0 saturated carbocycles. The summed E-state index contributed by atoms with van der Waals surface area (Å²) in [5.74, 6) is -0.258. The molecule has 1 spiro atoms. The van der Waals surface area contributed by atoms with E-state index in [0.29, 0.717) is 5.04 Å². The number of para-hydroxylation sites is 2. The van der Waals surface area contributed by atoms with E-state index in [2.05, 4.69) is 43.4 Å². The lowest BCUT2D eigenvalue weighted by molar-refractivity contribution is -0.110. The van der Waals surface area contributed by atoms with Crippen LogP contribution in [0.3, 0.4) is 0 Å². The Labute approximate surface area is 226 Å². The molecule has 38 heavy (non-hydrogen) atoms. The molecule has 2 heterocycles. The van der Waals surface area contributed by atoms with Crippen LogP contribution in [-0.2, 0) is 9.79 Å². The number of anilines is 3. The van der Waals surface area contributed by atoms with E-state index in [4.69, 9.17) is 10.2 Å². The van der Waals surface area contributed by atoms with Crippen molar-refractivity contribution in [1.29, 1.82) is 0 Å². The highest BCUT2D eigenvalue weighted by molar-refractivity contribution is 8.17. The average Bonchev–Trinajstić information content (AvgIpc) is 3.36. The lowest BCUT2D eigenvalue weighted by atomic mass is 9.96. The summed E-state index contributed by atoms with van der Waals surface area (Å²) in [4.78, 5) is 12.7. The Kier molecular flexibility index (Phi) is 6.21. The fourth-order valence-corrected chi connectivity index (χ4v) is 6.10. The van der Waals surface area contributed by atoms with E-state index in [-0.39, 0.29) is 5.91 Å². The molecule has 0 saturated heterocycles. The Morgan fingerprint density at radius 3 is 2.11 bits per heavy atom. The second-order valence-corrected chi connectivity index (χ2v) is 10.3. The number of nitrogens with one attached hydrogen (secondary N) is 1. The topological polar surface area (TPSA) is 60.3 Å². The Morgan fingerprint density at radius 1 is 0.789 bits per heavy atom. The SMILES string of the molecule is CCC1=NN(c2ccccc2)[C@]2(SC(C(=O)Nc3ccccc3)=NN2c2ccc(C)cc2)c2ccccc21. The van der Waals surface area contributed by atoms with E-state index in [9.17, 15) is 4.79 Å². The maximum Gasteiger partial charge on any atom is 0.282 e. The molecule has 0 aromatic heterocycles. The minimum absolute atomic E-state index is 0.258. The Morgan fingerprint density at radius 2 is 1.39 bits per heavy atom. The standard InChI is InChI=1S/C31H27N5OS/c1-3-28-26-16-10-11-17-27(26)31(35(33-28)24-14-8-5-9-15-24)36(25-20-18-22(2)19-21-25)34-30(38-31)29(37)32-23-12-6-4-7-13-23/h4-21H,3H2,1-2H3,(H,32,37)/t31-/m1/s1. The number of carbonyl (C=O) groups excluding carboxylic acids is 1. The fraction of sp³-hybridized carbons (Fsp3) is 0.129. The van der Waals surface area contributed by atoms with Gasteiger partial charge in [-0.1, -0.05) is 85.3 Å². The quantitative estimate of drug-likeness (QED) is 0.311. The van der Waals surface area contributed by atoms with Crippen molar-refractivity contribution in [1.82, 2.24) is 0 Å². The second kappa shape index (κ2) is 9.84. The number of rotatable bonds is 5. The summed E-state index contributed by atoms with van der Waals surface area (Å²) >= 11 is 1.41. The van der Waals surface area contributed by atoms with Crippen LogP contribution in [0.25, 0.3) is 0 Å². The van der Waals surface area contributed by atoms with Gasteiger partial charge >= 0.3 is 0 Å². The number of hydrogen-bond donors (Lipinski definition) is 1. The molecule has 1 amide bonds. The minimum atomic E-state index is -0.949. The van der Waals surface area contributed by atoms with Crippen molar-refractivity contribution in [2.45, 2.75) is 25.3 Å². The van der Waals surface area contributed by atoms with E-state index >= 15 is 0 Å². The molecule has 6 rings (SSSR count). The van der Waals surface area contributed by atoms with Gasteiger partial charge in [0, 0.05) is 16.8 Å². The van der Waals surface area contributed by atoms with E-state index in [1.54, 1.807) is 0 Å². The predicted molar refractivity (Wildman–Crippen MR) is 158 cm³/mol. The fourth-order valence-electron chi connectivity index (χ4n) is 4.81. The first-order valence-electron chi connectivity index (χ1n) is 12.6. The van der Waals surface area contributed by atoms with Crippen molar-refractivity contribution in [3.05, 3.63) is 126 Å². The van der Waals surface area contributed by atoms with Crippen molar-refractivity contribution in [3.8, 4) is 0 Å². The number of carbonyl (C=O) groups is 1. The molecule has 188 valence electrons. The molecule has 4 aromatic carbocycles. The van der Waals surface area contributed by atoms with Gasteiger partial charge in [0.05, 0.1) is 17.1 Å². The summed E-state index contributed by atoms with van der Waals surface area (Å²) in [6, 6.07) is 36.1. The van der Waals surface area contributed by atoms with Gasteiger partial charge in [-0.15, -0.1) is 0 Å². The van der Waals surface area contributed by atoms with Crippen LogP contribution >= 0.6 is 11.8 Å². The first-order chi connectivity index (χ1) is 18.6. The summed E-state index contributed by atoms with van der Waals surface area (Å²) < 4.78 is 0. The highest BCUT2D eigenvalue weighted by atomic mass is 32.2. The van der Waals surface area contributed by atoms with Gasteiger partial charge in [-0.05, 0) is 61.5 Å². The number of benzene rings is 4. The third-order valence-electron chi connectivity index (χ3n) is 6.65. The highest BCUT2D eigenvalue weighted by Crippen LogP contribution is 2.54. The number of fused-ring (bicyclic) bond motifs is 2. The van der Waals surface area contributed by atoms with Crippen LogP contribution in [-0.4, -0.2) is 16.7 Å². The molecule has 2 aliphatic heterocycles. The van der Waals surface area contributed by atoms with Crippen LogP contribution in [0.4, 0.5) is 17.1 Å². The molecule has 1 atom stereocenters. The minimum Gasteiger partial charge on any atom is -0.320 e. The monoisotopic (exact) mass is 517 g/mol. The molecule has 4 aromatic rings. The van der Waals surface area contributed by atoms with E-state index in [1.165, 1.54) is 11.8 Å². The zero-order valence-corrected chi connectivity index (χ0v) is 22.0. The Hall–Kier alpha value is -4.36. The third-order valence-corrected chi connectivity index (χ3v) is 7.96. The summed E-state index contributed by atoms with van der Waals surface area (Å²) in [6.07, 6.45) is 0.772. The number of hydrazone groups is 2. The van der Waals surface area contributed by atoms with Gasteiger partial charge in [-0.25, -0.2) is 10.0 Å². The maximum atomic E-state index is 13.6. The molecule has 0 radical (unpaired) electrons. The Bertz CT molecular complexity index is 1540. The first-order valence-corrected chi connectivity index (χ1v) is 13.5. The molecular formula is C31H27N5OS. The predicted octanol–water partition coefficient (Wildman–Crippen LogP) is 6.95. The van der Waals surface area contributed by atoms with Gasteiger partial charge < -0.3 is 5.32 Å². The van der Waals surface area contributed by atoms with Gasteiger partial charge in [0.1, 0.15) is 0 Å². The highest BCUT2D eigenvalue weighted by Gasteiger charge is 2.56. The van der Waals surface area contributed by atoms with E-state index in [1.807, 2.05) is 94.9 Å². The van der Waals surface area contributed by atoms with Gasteiger partial charge in [0.25, 0.3) is 5.91 Å². The summed E-state index contributed by atoms with van der Waals surface area (Å²) in [6.45, 7) is 4.18. The molecule has 0 bridgehead atoms. The third kappa shape index (κ3) is 4.05. The molecule has 0 fully saturated rings. The van der Waals surface area contributed by atoms with Crippen LogP contribution in [0.2, 0.25) is 0 Å². The zero-order valence-electron chi connectivity index (χ0n) is 21.2. The summed E-state index contributed by atoms with van der Waals surface area (Å²) in [5.41, 5.74) is 6.74. The molecule has 0 aliphatic carbocycles. The first kappa shape index (κ1) is 24.0. The summed E-state index contributed by atoms with van der Waals surface area (Å²) in [7, 11) is 0. The van der Waals surface area contributed by atoms with E-state index < -0.39 is 4.99 Å². The maximum absolute atomic E-state index is 13.6. The van der Waals surface area contributed by atoms with Crippen LogP contribution in [0.1, 0.15) is 30.0 Å². The van der Waals surface area contributed by atoms with Crippen LogP contribution in [0.5, 0.6) is 0 Å². The van der Waals surface area contributed by atoms with Gasteiger partial charge in [-0.3, -0.25) is 4.79 Å². The van der Waals surface area contributed by atoms with Crippen molar-refractivity contribution >= 4 is 45.5 Å². The van der Waals surface area contributed by atoms with Crippen LogP contribution in [0.15, 0.2) is 119 Å². The van der Waals surface area contributed by atoms with Gasteiger partial charge in [0.15, 0.2) is 5.04 Å². The smallest absolute Gasteiger partial charge is 0.282 e. The van der Waals surface area contributed by atoms with E-state index in [0.717, 1.165) is 45.9 Å². The van der Waals surface area contributed by atoms with Gasteiger partial charge in [-0.2, -0.15) is 10.2 Å². The van der Waals surface area contributed by atoms with Crippen molar-refractivity contribution in [3.63, 3.8) is 0 Å². The lowest BCUT2D eigenvalue weighted by Gasteiger charge is -2.47. The number of aryl methyl sites for hydroxylation is 1. The van der Waals surface area contributed by atoms with Crippen molar-refractivity contribution in [2.75, 3.05) is 15.3 Å². The molecule has 0 unspecified atom stereocenters. The molecule has 6 nitrogen and oxygen atoms in total. The van der Waals surface area contributed by atoms with Crippen molar-refractivity contribution in [2.24, 2.45) is 10.2 Å². The average molecular weight is 518 g/mol. The molecule has 2 aliphatic rings. The normalized spacial score (nSPS) is 18.2. The molecule has 7 heteroatoms. The zero-order chi connectivity index (χ0) is 26.1. The summed E-state index contributed by atoms with van der Waals surface area (Å²) in [5, 5.41) is 17.5. The largest absolute Gasteiger partial charge is 0.320 e. The Balaban J connectivity index is 1.55. The molecule has 1 N–H and O–H groups in total. The second-order valence-electron chi connectivity index (χ2n) is 9.18. The van der Waals surface area contributed by atoms with Crippen LogP contribution in [0, 0.1) is 6.92 Å². The number of nitrogens with zero attached hydrogens (tertiary/aromatic N) is 4. The number of amides is 1.